The molecule has 1 aromatic heterocycles. The van der Waals surface area contributed by atoms with E-state index < -0.39 is 5.54 Å². The van der Waals surface area contributed by atoms with Crippen LogP contribution in [0, 0.1) is 0 Å². The molecule has 0 bridgehead atoms. The van der Waals surface area contributed by atoms with Gasteiger partial charge in [-0.15, -0.1) is 0 Å². The summed E-state index contributed by atoms with van der Waals surface area (Å²) < 4.78 is 2.85. The van der Waals surface area contributed by atoms with Crippen LogP contribution < -0.4 is 11.1 Å². The van der Waals surface area contributed by atoms with Crippen molar-refractivity contribution in [3.05, 3.63) is 53.0 Å². The molecule has 3 N–H and O–H groups in total. The smallest absolute Gasteiger partial charge is 0.244 e. The van der Waals surface area contributed by atoms with Gasteiger partial charge in [0.05, 0.1) is 6.33 Å². The molecule has 106 valence electrons. The van der Waals surface area contributed by atoms with Crippen LogP contribution in [0.25, 0.3) is 0 Å². The van der Waals surface area contributed by atoms with Gasteiger partial charge in [-0.1, -0.05) is 28.1 Å². The zero-order valence-electron chi connectivity index (χ0n) is 11.2. The van der Waals surface area contributed by atoms with Crippen molar-refractivity contribution in [1.29, 1.82) is 0 Å². The summed E-state index contributed by atoms with van der Waals surface area (Å²) in [5.41, 5.74) is 5.88. The van der Waals surface area contributed by atoms with Crippen molar-refractivity contribution >= 4 is 21.8 Å². The third-order valence-corrected chi connectivity index (χ3v) is 3.66. The lowest BCUT2D eigenvalue weighted by Gasteiger charge is -2.24. The van der Waals surface area contributed by atoms with Crippen LogP contribution in [0.15, 0.2) is 47.5 Å². The zero-order valence-corrected chi connectivity index (χ0v) is 12.8. The molecule has 1 amide bonds. The van der Waals surface area contributed by atoms with Crippen LogP contribution in [0.5, 0.6) is 0 Å². The van der Waals surface area contributed by atoms with Gasteiger partial charge in [0.25, 0.3) is 0 Å². The molecule has 5 nitrogen and oxygen atoms in total. The number of halogens is 1. The molecule has 20 heavy (non-hydrogen) atoms. The fraction of sp³-hybridized carbons (Fsp3) is 0.286. The monoisotopic (exact) mass is 336 g/mol. The van der Waals surface area contributed by atoms with Gasteiger partial charge in [0.15, 0.2) is 0 Å². The van der Waals surface area contributed by atoms with E-state index in [9.17, 15) is 4.79 Å². The summed E-state index contributed by atoms with van der Waals surface area (Å²) in [7, 11) is 0. The van der Waals surface area contributed by atoms with Crippen molar-refractivity contribution < 1.29 is 4.79 Å². The number of aromatic nitrogens is 2. The number of nitrogens with two attached hydrogens (primary N) is 1. The molecule has 0 fully saturated rings. The maximum Gasteiger partial charge on any atom is 0.244 e. The van der Waals surface area contributed by atoms with E-state index in [1.807, 2.05) is 35.0 Å². The predicted molar refractivity (Wildman–Crippen MR) is 80.9 cm³/mol. The van der Waals surface area contributed by atoms with E-state index >= 15 is 0 Å². The highest BCUT2D eigenvalue weighted by molar-refractivity contribution is 9.10. The number of nitrogens with zero attached hydrogens (tertiary/aromatic N) is 2. The summed E-state index contributed by atoms with van der Waals surface area (Å²) in [5.74, 6) is -0.195. The minimum Gasteiger partial charge on any atom is -0.352 e. The number of nitrogens with one attached hydrogen (secondary N) is 1. The summed E-state index contributed by atoms with van der Waals surface area (Å²) in [6, 6.07) is 7.44. The van der Waals surface area contributed by atoms with E-state index in [1.165, 1.54) is 0 Å². The first-order chi connectivity index (χ1) is 9.50. The number of imidazole rings is 1. The molecule has 1 atom stereocenters. The normalized spacial score (nSPS) is 13.8. The third-order valence-electron chi connectivity index (χ3n) is 3.13. The molecule has 0 spiro atoms. The highest BCUT2D eigenvalue weighted by Crippen LogP contribution is 2.20. The molecular weight excluding hydrogens is 320 g/mol. The van der Waals surface area contributed by atoms with Crippen molar-refractivity contribution in [2.24, 2.45) is 5.73 Å². The minimum atomic E-state index is -1.05. The minimum absolute atomic E-state index is 0.195. The first-order valence-electron chi connectivity index (χ1n) is 6.29. The van der Waals surface area contributed by atoms with Crippen LogP contribution in [0.1, 0.15) is 12.5 Å². The maximum atomic E-state index is 12.2. The Morgan fingerprint density at radius 2 is 2.15 bits per heavy atom. The number of rotatable bonds is 5. The summed E-state index contributed by atoms with van der Waals surface area (Å²) >= 11 is 3.36. The molecule has 0 saturated heterocycles. The molecule has 0 aliphatic rings. The molecule has 0 radical (unpaired) electrons. The standard InChI is InChI=1S/C14H17BrN4O/c1-14(16,11-2-4-12(15)5-3-11)13(20)18-7-9-19-8-6-17-10-19/h2-6,8,10H,7,9,16H2,1H3,(H,18,20). The Balaban J connectivity index is 1.94. The third kappa shape index (κ3) is 3.46. The fourth-order valence-electron chi connectivity index (χ4n) is 1.83. The predicted octanol–water partition coefficient (Wildman–Crippen LogP) is 1.64. The van der Waals surface area contributed by atoms with Gasteiger partial charge in [-0.25, -0.2) is 4.98 Å². The fourth-order valence-corrected chi connectivity index (χ4v) is 2.09. The summed E-state index contributed by atoms with van der Waals surface area (Å²) in [6.07, 6.45) is 5.27. The summed E-state index contributed by atoms with van der Waals surface area (Å²) in [6.45, 7) is 2.89. The van der Waals surface area contributed by atoms with Crippen LogP contribution in [0.3, 0.4) is 0 Å². The number of carbonyl (C=O) groups excluding carboxylic acids is 1. The number of amides is 1. The van der Waals surface area contributed by atoms with Crippen molar-refractivity contribution in [3.63, 3.8) is 0 Å². The maximum absolute atomic E-state index is 12.2. The lowest BCUT2D eigenvalue weighted by molar-refractivity contribution is -0.126. The zero-order chi connectivity index (χ0) is 14.6. The second kappa shape index (κ2) is 6.19. The Bertz CT molecular complexity index is 563. The Labute approximate surface area is 126 Å². The first kappa shape index (κ1) is 14.7. The summed E-state index contributed by atoms with van der Waals surface area (Å²) in [5, 5.41) is 2.85. The van der Waals surface area contributed by atoms with E-state index in [-0.39, 0.29) is 5.91 Å². The van der Waals surface area contributed by atoms with Gasteiger partial charge < -0.3 is 15.6 Å². The molecule has 0 aliphatic carbocycles. The number of carbonyl (C=O) groups is 1. The Hall–Kier alpha value is -1.66. The Kier molecular flexibility index (Phi) is 4.57. The Morgan fingerprint density at radius 1 is 1.45 bits per heavy atom. The van der Waals surface area contributed by atoms with Gasteiger partial charge in [-0.3, -0.25) is 4.79 Å². The molecular formula is C14H17BrN4O. The van der Waals surface area contributed by atoms with Crippen molar-refractivity contribution in [2.75, 3.05) is 6.54 Å². The molecule has 2 rings (SSSR count). The largest absolute Gasteiger partial charge is 0.352 e. The van der Waals surface area contributed by atoms with Crippen LogP contribution in [-0.4, -0.2) is 22.0 Å². The van der Waals surface area contributed by atoms with Gasteiger partial charge in [0, 0.05) is 30.0 Å². The van der Waals surface area contributed by atoms with E-state index in [1.54, 1.807) is 19.4 Å². The van der Waals surface area contributed by atoms with Gasteiger partial charge in [0.2, 0.25) is 5.91 Å². The van der Waals surface area contributed by atoms with Crippen molar-refractivity contribution in [1.82, 2.24) is 14.9 Å². The van der Waals surface area contributed by atoms with E-state index in [0.29, 0.717) is 13.1 Å². The number of hydrogen-bond donors (Lipinski definition) is 2. The quantitative estimate of drug-likeness (QED) is 0.871. The van der Waals surface area contributed by atoms with Gasteiger partial charge in [-0.05, 0) is 24.6 Å². The van der Waals surface area contributed by atoms with Crippen molar-refractivity contribution in [3.8, 4) is 0 Å². The lowest BCUT2D eigenvalue weighted by atomic mass is 9.92. The average molecular weight is 337 g/mol. The Morgan fingerprint density at radius 3 is 2.75 bits per heavy atom. The molecule has 0 aliphatic heterocycles. The van der Waals surface area contributed by atoms with E-state index in [0.717, 1.165) is 10.0 Å². The van der Waals surface area contributed by atoms with Crippen LogP contribution in [-0.2, 0) is 16.9 Å². The van der Waals surface area contributed by atoms with Crippen LogP contribution in [0.2, 0.25) is 0 Å². The van der Waals surface area contributed by atoms with Gasteiger partial charge in [0.1, 0.15) is 5.54 Å². The van der Waals surface area contributed by atoms with Crippen LogP contribution >= 0.6 is 15.9 Å². The van der Waals surface area contributed by atoms with Gasteiger partial charge >= 0.3 is 0 Å². The SMILES string of the molecule is CC(N)(C(=O)NCCn1ccnc1)c1ccc(Br)cc1. The number of benzene rings is 1. The molecule has 1 heterocycles. The average Bonchev–Trinajstić information content (AvgIpc) is 2.92. The first-order valence-corrected chi connectivity index (χ1v) is 7.08. The molecule has 1 aromatic carbocycles. The lowest BCUT2D eigenvalue weighted by Crippen LogP contribution is -2.49. The molecule has 0 saturated carbocycles. The van der Waals surface area contributed by atoms with Crippen molar-refractivity contribution in [2.45, 2.75) is 19.0 Å². The molecule has 6 heteroatoms. The van der Waals surface area contributed by atoms with E-state index in [4.69, 9.17) is 5.73 Å². The highest BCUT2D eigenvalue weighted by atomic mass is 79.9. The number of hydrogen-bond acceptors (Lipinski definition) is 3. The summed E-state index contributed by atoms with van der Waals surface area (Å²) in [4.78, 5) is 16.2. The van der Waals surface area contributed by atoms with E-state index in [2.05, 4.69) is 26.2 Å². The topological polar surface area (TPSA) is 72.9 Å². The molecule has 2 aromatic rings. The van der Waals surface area contributed by atoms with Gasteiger partial charge in [-0.2, -0.15) is 0 Å². The highest BCUT2D eigenvalue weighted by Gasteiger charge is 2.29. The van der Waals surface area contributed by atoms with Crippen LogP contribution in [0.4, 0.5) is 0 Å². The second-order valence-corrected chi connectivity index (χ2v) is 5.68. The second-order valence-electron chi connectivity index (χ2n) is 4.77. The molecule has 1 unspecified atom stereocenters.